The van der Waals surface area contributed by atoms with E-state index in [4.69, 9.17) is 5.10 Å². The zero-order valence-corrected chi connectivity index (χ0v) is 18.5. The summed E-state index contributed by atoms with van der Waals surface area (Å²) < 4.78 is 3.86. The molecule has 0 spiro atoms. The number of benzene rings is 1. The fourth-order valence-corrected chi connectivity index (χ4v) is 4.78. The van der Waals surface area contributed by atoms with Crippen LogP contribution in [0.5, 0.6) is 0 Å². The van der Waals surface area contributed by atoms with Gasteiger partial charge in [0.25, 0.3) is 5.91 Å². The molecule has 0 saturated heterocycles. The van der Waals surface area contributed by atoms with Crippen molar-refractivity contribution in [3.05, 3.63) is 65.6 Å². The molecule has 1 aromatic carbocycles. The highest BCUT2D eigenvalue weighted by Gasteiger charge is 2.37. The second-order valence-corrected chi connectivity index (χ2v) is 8.68. The predicted molar refractivity (Wildman–Crippen MR) is 122 cm³/mol. The minimum atomic E-state index is -0.100. The number of hydrogen-bond donors (Lipinski definition) is 0. The highest BCUT2D eigenvalue weighted by molar-refractivity contribution is 5.96. The first-order chi connectivity index (χ1) is 15.0. The molecule has 3 heterocycles. The second kappa shape index (κ2) is 7.52. The van der Waals surface area contributed by atoms with E-state index in [9.17, 15) is 4.79 Å². The standard InChI is InChI=1S/C25H29N5O/c1-5-16(2)30-24(18-9-7-6-8-10-18)20-13-14-29(17(3)22(20)27-30)25(31)21-15-26-28(4)23(21)19-11-12-19/h6-10,15,17,19H,2,5,11-14H2,1,3-4H3/t17-/m0/s1. The van der Waals surface area contributed by atoms with Crippen LogP contribution in [0.2, 0.25) is 0 Å². The Balaban J connectivity index is 1.54. The molecule has 6 nitrogen and oxygen atoms in total. The third kappa shape index (κ3) is 3.21. The third-order valence-corrected chi connectivity index (χ3v) is 6.68. The molecule has 2 aliphatic rings. The summed E-state index contributed by atoms with van der Waals surface area (Å²) in [5, 5.41) is 9.38. The monoisotopic (exact) mass is 415 g/mol. The summed E-state index contributed by atoms with van der Waals surface area (Å²) in [6.07, 6.45) is 5.63. The maximum Gasteiger partial charge on any atom is 0.257 e. The van der Waals surface area contributed by atoms with Crippen molar-refractivity contribution in [3.63, 3.8) is 0 Å². The zero-order valence-electron chi connectivity index (χ0n) is 18.5. The zero-order chi connectivity index (χ0) is 21.7. The van der Waals surface area contributed by atoms with Crippen LogP contribution >= 0.6 is 0 Å². The van der Waals surface area contributed by atoms with Gasteiger partial charge in [0.15, 0.2) is 0 Å². The van der Waals surface area contributed by atoms with E-state index >= 15 is 0 Å². The highest BCUT2D eigenvalue weighted by Crippen LogP contribution is 2.43. The molecular weight excluding hydrogens is 386 g/mol. The van der Waals surface area contributed by atoms with Crippen molar-refractivity contribution in [2.75, 3.05) is 6.54 Å². The lowest BCUT2D eigenvalue weighted by atomic mass is 9.95. The van der Waals surface area contributed by atoms with Gasteiger partial charge in [-0.05, 0) is 32.6 Å². The molecule has 2 aromatic heterocycles. The summed E-state index contributed by atoms with van der Waals surface area (Å²) in [5.41, 5.74) is 7.25. The van der Waals surface area contributed by atoms with E-state index in [0.717, 1.165) is 59.6 Å². The fourth-order valence-electron chi connectivity index (χ4n) is 4.78. The van der Waals surface area contributed by atoms with E-state index in [2.05, 4.69) is 49.8 Å². The summed E-state index contributed by atoms with van der Waals surface area (Å²) >= 11 is 0. The molecule has 1 aliphatic carbocycles. The number of aromatic nitrogens is 4. The molecule has 0 N–H and O–H groups in total. The first-order valence-corrected chi connectivity index (χ1v) is 11.2. The van der Waals surface area contributed by atoms with E-state index in [-0.39, 0.29) is 11.9 Å². The highest BCUT2D eigenvalue weighted by atomic mass is 16.2. The molecule has 0 unspecified atom stereocenters. The molecule has 1 aliphatic heterocycles. The van der Waals surface area contributed by atoms with Gasteiger partial charge in [-0.1, -0.05) is 43.8 Å². The number of allylic oxidation sites excluding steroid dienone is 1. The largest absolute Gasteiger partial charge is 0.330 e. The Hall–Kier alpha value is -3.15. The van der Waals surface area contributed by atoms with Crippen molar-refractivity contribution in [2.45, 2.75) is 51.5 Å². The van der Waals surface area contributed by atoms with Gasteiger partial charge < -0.3 is 4.90 Å². The summed E-state index contributed by atoms with van der Waals surface area (Å²) in [5.74, 6) is 0.539. The van der Waals surface area contributed by atoms with Gasteiger partial charge >= 0.3 is 0 Å². The van der Waals surface area contributed by atoms with Crippen molar-refractivity contribution >= 4 is 11.6 Å². The number of hydrogen-bond acceptors (Lipinski definition) is 3. The molecule has 1 amide bonds. The average Bonchev–Trinajstić information content (AvgIpc) is 3.43. The maximum atomic E-state index is 13.6. The number of amides is 1. The molecule has 0 bridgehead atoms. The van der Waals surface area contributed by atoms with Gasteiger partial charge in [0, 0.05) is 36.3 Å². The molecule has 0 radical (unpaired) electrons. The van der Waals surface area contributed by atoms with Crippen LogP contribution in [0.25, 0.3) is 17.0 Å². The van der Waals surface area contributed by atoms with Crippen LogP contribution in [-0.4, -0.2) is 36.9 Å². The van der Waals surface area contributed by atoms with Gasteiger partial charge in [-0.3, -0.25) is 9.48 Å². The molecule has 1 fully saturated rings. The molecule has 6 heteroatoms. The number of aryl methyl sites for hydroxylation is 1. The number of carbonyl (C=O) groups excluding carboxylic acids is 1. The van der Waals surface area contributed by atoms with Gasteiger partial charge in [0.1, 0.15) is 0 Å². The van der Waals surface area contributed by atoms with Crippen LogP contribution in [-0.2, 0) is 13.5 Å². The molecule has 160 valence electrons. The smallest absolute Gasteiger partial charge is 0.257 e. The topological polar surface area (TPSA) is 56.0 Å². The van der Waals surface area contributed by atoms with Crippen LogP contribution in [0.15, 0.2) is 43.1 Å². The fraction of sp³-hybridized carbons (Fsp3) is 0.400. The van der Waals surface area contributed by atoms with Gasteiger partial charge in [-0.25, -0.2) is 4.68 Å². The Kier molecular flexibility index (Phi) is 4.80. The predicted octanol–water partition coefficient (Wildman–Crippen LogP) is 4.80. The normalized spacial score (nSPS) is 18.2. The number of rotatable bonds is 5. The summed E-state index contributed by atoms with van der Waals surface area (Å²) in [6, 6.07) is 10.3. The lowest BCUT2D eigenvalue weighted by Crippen LogP contribution is -2.39. The molecular formula is C25H29N5O. The quantitative estimate of drug-likeness (QED) is 0.601. The molecule has 3 aromatic rings. The number of nitrogens with zero attached hydrogens (tertiary/aromatic N) is 5. The minimum absolute atomic E-state index is 0.0679. The van der Waals surface area contributed by atoms with Crippen LogP contribution < -0.4 is 0 Å². The van der Waals surface area contributed by atoms with Crippen LogP contribution in [0.3, 0.4) is 0 Å². The van der Waals surface area contributed by atoms with Gasteiger partial charge in [0.2, 0.25) is 0 Å². The average molecular weight is 416 g/mol. The number of fused-ring (bicyclic) bond motifs is 1. The van der Waals surface area contributed by atoms with Crippen molar-refractivity contribution < 1.29 is 4.79 Å². The Morgan fingerprint density at radius 1 is 1.23 bits per heavy atom. The van der Waals surface area contributed by atoms with E-state index in [1.807, 2.05) is 27.4 Å². The van der Waals surface area contributed by atoms with E-state index < -0.39 is 0 Å². The molecule has 1 saturated carbocycles. The van der Waals surface area contributed by atoms with Gasteiger partial charge in [0.05, 0.1) is 34.9 Å². The number of carbonyl (C=O) groups is 1. The van der Waals surface area contributed by atoms with E-state index in [0.29, 0.717) is 12.5 Å². The maximum absolute atomic E-state index is 13.6. The molecule has 1 atom stereocenters. The molecule has 31 heavy (non-hydrogen) atoms. The lowest BCUT2D eigenvalue weighted by molar-refractivity contribution is 0.0672. The molecule has 5 rings (SSSR count). The van der Waals surface area contributed by atoms with E-state index in [1.165, 1.54) is 5.56 Å². The Bertz CT molecular complexity index is 1150. The summed E-state index contributed by atoms with van der Waals surface area (Å²) in [4.78, 5) is 15.5. The van der Waals surface area contributed by atoms with Crippen LogP contribution in [0.4, 0.5) is 0 Å². The van der Waals surface area contributed by atoms with E-state index in [1.54, 1.807) is 6.20 Å². The van der Waals surface area contributed by atoms with Gasteiger partial charge in [-0.15, -0.1) is 0 Å². The minimum Gasteiger partial charge on any atom is -0.330 e. The SMILES string of the molecule is C=C(CC)n1nc2c(c1-c1ccccc1)CCN(C(=O)c1cnn(C)c1C1CC1)[C@H]2C. The third-order valence-electron chi connectivity index (χ3n) is 6.68. The van der Waals surface area contributed by atoms with Crippen molar-refractivity contribution in [1.29, 1.82) is 0 Å². The Morgan fingerprint density at radius 3 is 2.65 bits per heavy atom. The first-order valence-electron chi connectivity index (χ1n) is 11.2. The van der Waals surface area contributed by atoms with Crippen molar-refractivity contribution in [3.8, 4) is 11.3 Å². The van der Waals surface area contributed by atoms with Crippen molar-refractivity contribution in [1.82, 2.24) is 24.5 Å². The lowest BCUT2D eigenvalue weighted by Gasteiger charge is -2.33. The summed E-state index contributed by atoms with van der Waals surface area (Å²) in [7, 11) is 1.94. The van der Waals surface area contributed by atoms with Gasteiger partial charge in [-0.2, -0.15) is 10.2 Å². The van der Waals surface area contributed by atoms with Crippen LogP contribution in [0, 0.1) is 0 Å². The van der Waals surface area contributed by atoms with Crippen molar-refractivity contribution in [2.24, 2.45) is 7.05 Å². The summed E-state index contributed by atoms with van der Waals surface area (Å²) in [6.45, 7) is 9.11. The Labute approximate surface area is 183 Å². The van der Waals surface area contributed by atoms with Crippen LogP contribution in [0.1, 0.15) is 72.4 Å². The Morgan fingerprint density at radius 2 is 1.97 bits per heavy atom. The second-order valence-electron chi connectivity index (χ2n) is 8.68. The first kappa shape index (κ1) is 19.8.